The number of fused-ring (bicyclic) bond motifs is 1. The Labute approximate surface area is 284 Å². The number of aromatic nitrogens is 2. The molecule has 1 atom stereocenters. The number of nitrogens with one attached hydrogen (secondary N) is 2. The van der Waals surface area contributed by atoms with Crippen LogP contribution < -0.4 is 15.5 Å². The predicted molar refractivity (Wildman–Crippen MR) is 171 cm³/mol. The zero-order chi connectivity index (χ0) is 36.0. The van der Waals surface area contributed by atoms with E-state index in [4.69, 9.17) is 5.26 Å². The lowest BCUT2D eigenvalue weighted by Gasteiger charge is -2.38. The fraction of sp³-hybridized carbons (Fsp3) is 0.343. The van der Waals surface area contributed by atoms with Crippen LogP contribution in [0.25, 0.3) is 0 Å². The summed E-state index contributed by atoms with van der Waals surface area (Å²) in [6, 6.07) is 8.40. The molecule has 15 heteroatoms. The van der Waals surface area contributed by atoms with Crippen LogP contribution in [-0.4, -0.2) is 63.3 Å². The van der Waals surface area contributed by atoms with E-state index in [0.717, 1.165) is 17.0 Å². The van der Waals surface area contributed by atoms with Crippen molar-refractivity contribution in [2.45, 2.75) is 57.3 Å². The van der Waals surface area contributed by atoms with Crippen molar-refractivity contribution in [1.82, 2.24) is 20.0 Å². The standard InChI is InChI=1S/C35H30F3N7O5/c1-3-34(4-2,33(50)41-23-8-7-22(15-39)27(13-23)35(36,37)38)44-19-20(16-40-44)5-6-21-17-43(18-21)24-9-10-25-26(14-24)32(49)45(31(25)48)28-11-12-29(46)42-30(28)47/h7-10,13-14,16,19,21,28H,3-4,11-12,17-18H2,1-2H3,(H,41,50)(H,42,46,47). The summed E-state index contributed by atoms with van der Waals surface area (Å²) in [7, 11) is 0. The number of piperidine rings is 1. The first-order valence-corrected chi connectivity index (χ1v) is 15.9. The topological polar surface area (TPSA) is 158 Å². The first kappa shape index (κ1) is 33.9. The molecule has 2 saturated heterocycles. The van der Waals surface area contributed by atoms with Crippen LogP contribution in [0.1, 0.15) is 76.9 Å². The molecule has 1 unspecified atom stereocenters. The van der Waals surface area contributed by atoms with Crippen LogP contribution in [-0.2, 0) is 26.1 Å². The molecular formula is C35H30F3N7O5. The maximum Gasteiger partial charge on any atom is 0.417 e. The third kappa shape index (κ3) is 5.96. The van der Waals surface area contributed by atoms with Gasteiger partial charge in [-0.3, -0.25) is 38.9 Å². The Kier molecular flexibility index (Phi) is 8.70. The number of amides is 5. The average molecular weight is 686 g/mol. The first-order chi connectivity index (χ1) is 23.8. The van der Waals surface area contributed by atoms with Crippen LogP contribution in [0, 0.1) is 29.1 Å². The highest BCUT2D eigenvalue weighted by Crippen LogP contribution is 2.35. The van der Waals surface area contributed by atoms with Gasteiger partial charge < -0.3 is 10.2 Å². The number of rotatable bonds is 7. The minimum atomic E-state index is -4.77. The molecule has 6 rings (SSSR count). The maximum absolute atomic E-state index is 13.5. The lowest BCUT2D eigenvalue weighted by Crippen LogP contribution is -2.54. The van der Waals surface area contributed by atoms with Crippen LogP contribution in [0.5, 0.6) is 0 Å². The number of imide groups is 2. The van der Waals surface area contributed by atoms with Crippen LogP contribution >= 0.6 is 0 Å². The average Bonchev–Trinajstić information content (AvgIpc) is 3.63. The predicted octanol–water partition coefficient (Wildman–Crippen LogP) is 3.82. The molecule has 4 heterocycles. The van der Waals surface area contributed by atoms with E-state index in [2.05, 4.69) is 27.6 Å². The van der Waals surface area contributed by atoms with Crippen molar-refractivity contribution in [3.8, 4) is 17.9 Å². The summed E-state index contributed by atoms with van der Waals surface area (Å²) in [5.41, 5.74) is -1.36. The number of alkyl halides is 3. The van der Waals surface area contributed by atoms with E-state index in [1.54, 1.807) is 38.2 Å². The van der Waals surface area contributed by atoms with E-state index in [0.29, 0.717) is 24.3 Å². The second kappa shape index (κ2) is 12.8. The third-order valence-electron chi connectivity index (χ3n) is 9.41. The van der Waals surface area contributed by atoms with Gasteiger partial charge in [0, 0.05) is 37.1 Å². The molecule has 0 radical (unpaired) electrons. The molecule has 0 aliphatic carbocycles. The van der Waals surface area contributed by atoms with E-state index in [1.165, 1.54) is 23.0 Å². The monoisotopic (exact) mass is 685 g/mol. The minimum Gasteiger partial charge on any atom is -0.369 e. The van der Waals surface area contributed by atoms with Gasteiger partial charge in [0.05, 0.1) is 46.0 Å². The summed E-state index contributed by atoms with van der Waals surface area (Å²) < 4.78 is 41.9. The second-order valence-corrected chi connectivity index (χ2v) is 12.3. The highest BCUT2D eigenvalue weighted by atomic mass is 19.4. The molecule has 50 heavy (non-hydrogen) atoms. The summed E-state index contributed by atoms with van der Waals surface area (Å²) in [4.78, 5) is 66.5. The molecule has 1 aromatic heterocycles. The molecule has 2 fully saturated rings. The fourth-order valence-corrected chi connectivity index (χ4v) is 6.44. The Hall–Kier alpha value is -5.96. The third-order valence-corrected chi connectivity index (χ3v) is 9.41. The normalized spacial score (nSPS) is 17.8. The molecule has 256 valence electrons. The summed E-state index contributed by atoms with van der Waals surface area (Å²) in [6.07, 6.45) is -0.967. The van der Waals surface area contributed by atoms with Crippen molar-refractivity contribution in [2.75, 3.05) is 23.3 Å². The number of nitrogens with zero attached hydrogens (tertiary/aromatic N) is 5. The number of benzene rings is 2. The van der Waals surface area contributed by atoms with Crippen LogP contribution in [0.15, 0.2) is 48.8 Å². The highest BCUT2D eigenvalue weighted by molar-refractivity contribution is 6.23. The van der Waals surface area contributed by atoms with Crippen molar-refractivity contribution in [2.24, 2.45) is 5.92 Å². The zero-order valence-electron chi connectivity index (χ0n) is 26.9. The molecule has 12 nitrogen and oxygen atoms in total. The summed E-state index contributed by atoms with van der Waals surface area (Å²) in [5, 5.41) is 18.2. The number of hydrogen-bond donors (Lipinski definition) is 2. The van der Waals surface area contributed by atoms with Crippen molar-refractivity contribution in [3.63, 3.8) is 0 Å². The number of anilines is 2. The summed E-state index contributed by atoms with van der Waals surface area (Å²) in [5.74, 6) is 3.39. The Morgan fingerprint density at radius 3 is 2.42 bits per heavy atom. The molecular weight excluding hydrogens is 655 g/mol. The van der Waals surface area contributed by atoms with E-state index in [9.17, 15) is 37.1 Å². The Morgan fingerprint density at radius 1 is 1.04 bits per heavy atom. The largest absolute Gasteiger partial charge is 0.417 e. The van der Waals surface area contributed by atoms with Gasteiger partial charge in [0.2, 0.25) is 11.8 Å². The maximum atomic E-state index is 13.5. The minimum absolute atomic E-state index is 0.0338. The van der Waals surface area contributed by atoms with Crippen LogP contribution in [0.4, 0.5) is 24.5 Å². The van der Waals surface area contributed by atoms with Gasteiger partial charge in [-0.15, -0.1) is 0 Å². The van der Waals surface area contributed by atoms with Crippen molar-refractivity contribution in [1.29, 1.82) is 5.26 Å². The van der Waals surface area contributed by atoms with E-state index < -0.39 is 58.4 Å². The number of carbonyl (C=O) groups excluding carboxylic acids is 5. The number of hydrogen-bond acceptors (Lipinski definition) is 8. The molecule has 0 saturated carbocycles. The lowest BCUT2D eigenvalue weighted by atomic mass is 9.91. The van der Waals surface area contributed by atoms with Crippen molar-refractivity contribution >= 4 is 40.9 Å². The molecule has 3 aromatic rings. The van der Waals surface area contributed by atoms with Gasteiger partial charge in [0.1, 0.15) is 11.6 Å². The van der Waals surface area contributed by atoms with Crippen LogP contribution in [0.2, 0.25) is 0 Å². The molecule has 3 aliphatic heterocycles. The van der Waals surface area contributed by atoms with E-state index in [-0.39, 0.29) is 48.4 Å². The van der Waals surface area contributed by atoms with Gasteiger partial charge in [0.15, 0.2) is 0 Å². The SMILES string of the molecule is CCC(CC)(C(=O)Nc1ccc(C#N)c(C(F)(F)F)c1)n1cc(C#CC2CN(c3ccc4c(c3)C(=O)N(C3CCC(=O)NC3=O)C4=O)C2)cn1. The Bertz CT molecular complexity index is 2040. The van der Waals surface area contributed by atoms with Crippen LogP contribution in [0.3, 0.4) is 0 Å². The second-order valence-electron chi connectivity index (χ2n) is 12.3. The quantitative estimate of drug-likeness (QED) is 0.281. The molecule has 5 amide bonds. The zero-order valence-corrected chi connectivity index (χ0v) is 26.9. The summed E-state index contributed by atoms with van der Waals surface area (Å²) in [6.45, 7) is 4.63. The van der Waals surface area contributed by atoms with Gasteiger partial charge >= 0.3 is 6.18 Å². The molecule has 2 aromatic carbocycles. The Morgan fingerprint density at radius 2 is 1.76 bits per heavy atom. The number of nitriles is 1. The molecule has 2 N–H and O–H groups in total. The Balaban J connectivity index is 1.11. The van der Waals surface area contributed by atoms with Gasteiger partial charge in [0.25, 0.3) is 17.7 Å². The number of carbonyl (C=O) groups is 5. The van der Waals surface area contributed by atoms with Crippen molar-refractivity contribution in [3.05, 3.63) is 76.6 Å². The number of halogens is 3. The van der Waals surface area contributed by atoms with Gasteiger partial charge in [-0.05, 0) is 55.7 Å². The molecule has 0 spiro atoms. The fourth-order valence-electron chi connectivity index (χ4n) is 6.44. The van der Waals surface area contributed by atoms with Gasteiger partial charge in [-0.25, -0.2) is 0 Å². The highest BCUT2D eigenvalue weighted by Gasteiger charge is 2.45. The smallest absolute Gasteiger partial charge is 0.369 e. The molecule has 3 aliphatic rings. The van der Waals surface area contributed by atoms with E-state index in [1.807, 2.05) is 4.90 Å². The lowest BCUT2D eigenvalue weighted by molar-refractivity contribution is -0.138. The first-order valence-electron chi connectivity index (χ1n) is 15.9. The molecule has 0 bridgehead atoms. The van der Waals surface area contributed by atoms with Crippen molar-refractivity contribution < 1.29 is 37.1 Å². The van der Waals surface area contributed by atoms with Gasteiger partial charge in [-0.2, -0.15) is 23.5 Å². The van der Waals surface area contributed by atoms with E-state index >= 15 is 0 Å². The van der Waals surface area contributed by atoms with Gasteiger partial charge in [-0.1, -0.05) is 25.7 Å². The summed E-state index contributed by atoms with van der Waals surface area (Å²) >= 11 is 0.